The van der Waals surface area contributed by atoms with Gasteiger partial charge in [0.05, 0.1) is 25.8 Å². The molecule has 2 N–H and O–H groups in total. The number of aliphatic imine (C=N–C) groups is 1. The smallest absolute Gasteiger partial charge is 0.266 e. The molecule has 2 amide bonds. The van der Waals surface area contributed by atoms with Crippen molar-refractivity contribution in [1.29, 1.82) is 0 Å². The number of methoxy groups -OCH3 is 1. The number of allylic oxidation sites excluding steroid dienone is 1. The van der Waals surface area contributed by atoms with E-state index in [0.717, 1.165) is 31.2 Å². The summed E-state index contributed by atoms with van der Waals surface area (Å²) in [6.07, 6.45) is 8.91. The second-order valence-electron chi connectivity index (χ2n) is 11.1. The van der Waals surface area contributed by atoms with Crippen LogP contribution in [-0.2, 0) is 30.3 Å². The van der Waals surface area contributed by atoms with Crippen LogP contribution in [0.5, 0.6) is 5.75 Å². The molecule has 39 heavy (non-hydrogen) atoms. The van der Waals surface area contributed by atoms with Gasteiger partial charge >= 0.3 is 0 Å². The van der Waals surface area contributed by atoms with Crippen LogP contribution in [-0.4, -0.2) is 60.5 Å². The first kappa shape index (κ1) is 28.7. The van der Waals surface area contributed by atoms with Crippen LogP contribution in [0.3, 0.4) is 0 Å². The van der Waals surface area contributed by atoms with Crippen molar-refractivity contribution >= 4 is 29.1 Å². The van der Waals surface area contributed by atoms with Gasteiger partial charge in [-0.05, 0) is 50.3 Å². The Morgan fingerprint density at radius 3 is 2.41 bits per heavy atom. The highest BCUT2D eigenvalue weighted by Crippen LogP contribution is 2.34. The highest BCUT2D eigenvalue weighted by Gasteiger charge is 2.50. The third-order valence-corrected chi connectivity index (χ3v) is 7.97. The average molecular weight is 538 g/mol. The lowest BCUT2D eigenvalue weighted by Crippen LogP contribution is -2.50. The summed E-state index contributed by atoms with van der Waals surface area (Å²) in [4.78, 5) is 56.7. The number of amides is 2. The van der Waals surface area contributed by atoms with Crippen LogP contribution in [0.2, 0.25) is 0 Å². The minimum Gasteiger partial charge on any atom is -0.497 e. The van der Waals surface area contributed by atoms with Gasteiger partial charge in [-0.1, -0.05) is 43.9 Å². The molecule has 4 rings (SSSR count). The topological polar surface area (TPSA) is 126 Å². The number of ketones is 2. The fourth-order valence-electron chi connectivity index (χ4n) is 5.31. The molecule has 0 aromatic heterocycles. The number of carbonyl (C=O) groups excluding carboxylic acids is 4. The Balaban J connectivity index is 1.47. The molecule has 1 aromatic rings. The molecule has 2 fully saturated rings. The molecule has 4 atom stereocenters. The van der Waals surface area contributed by atoms with E-state index in [0.29, 0.717) is 43.2 Å². The average Bonchev–Trinajstić information content (AvgIpc) is 3.32. The van der Waals surface area contributed by atoms with Gasteiger partial charge in [0.25, 0.3) is 5.91 Å². The summed E-state index contributed by atoms with van der Waals surface area (Å²) in [7, 11) is 1.58. The summed E-state index contributed by atoms with van der Waals surface area (Å²) in [5.74, 6) is -0.756. The number of epoxide rings is 1. The number of Topliss-reactive ketones (excluding diaryl/α,β-unsaturated/α-hetero) is 2. The first-order chi connectivity index (χ1) is 18.7. The SMILES string of the molecule is COc1ccc(C[C@H](CC(=O)[C@@H](C)NC(=O)C2=NC=CC2)C(=O)N[C@@H](CC2CCCC2)C(=O)[C@@]2(C)CO2)cc1. The first-order valence-electron chi connectivity index (χ1n) is 13.9. The molecule has 3 aliphatic rings. The Labute approximate surface area is 229 Å². The predicted molar refractivity (Wildman–Crippen MR) is 146 cm³/mol. The van der Waals surface area contributed by atoms with Crippen molar-refractivity contribution in [3.8, 4) is 5.75 Å². The van der Waals surface area contributed by atoms with Crippen LogP contribution in [0.1, 0.15) is 64.4 Å². The Morgan fingerprint density at radius 2 is 1.82 bits per heavy atom. The van der Waals surface area contributed by atoms with Crippen molar-refractivity contribution in [2.45, 2.75) is 82.9 Å². The molecule has 9 heteroatoms. The second kappa shape index (κ2) is 12.7. The van der Waals surface area contributed by atoms with Gasteiger partial charge in [0.1, 0.15) is 17.1 Å². The lowest BCUT2D eigenvalue weighted by molar-refractivity contribution is -0.134. The zero-order valence-corrected chi connectivity index (χ0v) is 23.0. The van der Waals surface area contributed by atoms with Crippen molar-refractivity contribution in [3.05, 3.63) is 42.1 Å². The van der Waals surface area contributed by atoms with E-state index >= 15 is 0 Å². The highest BCUT2D eigenvalue weighted by molar-refractivity contribution is 6.40. The van der Waals surface area contributed by atoms with Crippen LogP contribution in [0.4, 0.5) is 0 Å². The molecule has 1 saturated carbocycles. The van der Waals surface area contributed by atoms with Crippen LogP contribution in [0.25, 0.3) is 0 Å². The van der Waals surface area contributed by atoms with Gasteiger partial charge in [-0.3, -0.25) is 24.2 Å². The molecular formula is C30H39N3O6. The van der Waals surface area contributed by atoms with E-state index in [2.05, 4.69) is 15.6 Å². The van der Waals surface area contributed by atoms with Gasteiger partial charge in [-0.25, -0.2) is 0 Å². The maximum Gasteiger partial charge on any atom is 0.266 e. The monoisotopic (exact) mass is 537 g/mol. The summed E-state index contributed by atoms with van der Waals surface area (Å²) in [6.45, 7) is 3.73. The van der Waals surface area contributed by atoms with E-state index in [1.807, 2.05) is 24.3 Å². The number of ether oxygens (including phenoxy) is 2. The van der Waals surface area contributed by atoms with E-state index in [4.69, 9.17) is 9.47 Å². The van der Waals surface area contributed by atoms with Crippen molar-refractivity contribution < 1.29 is 28.7 Å². The summed E-state index contributed by atoms with van der Waals surface area (Å²) in [6, 6.07) is 5.89. The molecule has 2 aliphatic heterocycles. The quantitative estimate of drug-likeness (QED) is 0.351. The van der Waals surface area contributed by atoms with Crippen molar-refractivity contribution in [3.63, 3.8) is 0 Å². The van der Waals surface area contributed by atoms with Gasteiger partial charge in [0.2, 0.25) is 5.91 Å². The normalized spacial score (nSPS) is 22.5. The Bertz CT molecular complexity index is 1130. The van der Waals surface area contributed by atoms with Gasteiger partial charge in [0.15, 0.2) is 11.6 Å². The molecule has 0 bridgehead atoms. The van der Waals surface area contributed by atoms with Gasteiger partial charge in [-0.2, -0.15) is 0 Å². The largest absolute Gasteiger partial charge is 0.497 e. The zero-order chi connectivity index (χ0) is 28.0. The molecule has 1 saturated heterocycles. The third-order valence-electron chi connectivity index (χ3n) is 7.97. The first-order valence-corrected chi connectivity index (χ1v) is 13.9. The minimum atomic E-state index is -0.853. The zero-order valence-electron chi connectivity index (χ0n) is 23.0. The number of rotatable bonds is 14. The summed E-state index contributed by atoms with van der Waals surface area (Å²) >= 11 is 0. The Morgan fingerprint density at radius 1 is 1.13 bits per heavy atom. The standard InChI is InChI=1S/C30H39N3O6/c1-19(32-29(37)24-9-6-14-31-24)26(34)17-22(15-21-10-12-23(38-3)13-11-21)28(36)33-25(16-20-7-4-5-8-20)27(35)30(2)18-39-30/h6,10-14,19-20,22,25H,4-5,7-9,15-18H2,1-3H3,(H,32,37)(H,33,36)/t19-,22-,25+,30-/m1/s1. The molecule has 210 valence electrons. The lowest BCUT2D eigenvalue weighted by atomic mass is 9.88. The molecular weight excluding hydrogens is 498 g/mol. The van der Waals surface area contributed by atoms with Gasteiger partial charge < -0.3 is 20.1 Å². The van der Waals surface area contributed by atoms with Gasteiger partial charge in [-0.15, -0.1) is 0 Å². The second-order valence-corrected chi connectivity index (χ2v) is 11.1. The number of hydrogen-bond donors (Lipinski definition) is 2. The number of nitrogens with zero attached hydrogens (tertiary/aromatic N) is 1. The summed E-state index contributed by atoms with van der Waals surface area (Å²) < 4.78 is 10.7. The van der Waals surface area contributed by atoms with E-state index in [9.17, 15) is 19.2 Å². The van der Waals surface area contributed by atoms with E-state index in [1.54, 1.807) is 33.2 Å². The summed E-state index contributed by atoms with van der Waals surface area (Å²) in [5, 5.41) is 5.70. The van der Waals surface area contributed by atoms with E-state index in [-0.39, 0.29) is 23.9 Å². The third kappa shape index (κ3) is 7.62. The maximum absolute atomic E-state index is 13.7. The van der Waals surface area contributed by atoms with Crippen LogP contribution < -0.4 is 15.4 Å². The molecule has 0 unspecified atom stereocenters. The molecule has 1 aliphatic carbocycles. The fraction of sp³-hybridized carbons (Fsp3) is 0.567. The fourth-order valence-corrected chi connectivity index (χ4v) is 5.31. The molecule has 9 nitrogen and oxygen atoms in total. The number of benzene rings is 1. The molecule has 2 heterocycles. The molecule has 0 spiro atoms. The van der Waals surface area contributed by atoms with Crippen LogP contribution in [0.15, 0.2) is 41.5 Å². The number of nitrogens with one attached hydrogen (secondary N) is 2. The summed E-state index contributed by atoms with van der Waals surface area (Å²) in [5.41, 5.74) is 0.364. The number of hydrogen-bond acceptors (Lipinski definition) is 7. The van der Waals surface area contributed by atoms with Crippen molar-refractivity contribution in [2.75, 3.05) is 13.7 Å². The Hall–Kier alpha value is -3.33. The minimum absolute atomic E-state index is 0.0812. The highest BCUT2D eigenvalue weighted by atomic mass is 16.6. The molecule has 1 aromatic carbocycles. The van der Waals surface area contributed by atoms with Crippen LogP contribution in [0, 0.1) is 11.8 Å². The Kier molecular flexibility index (Phi) is 9.32. The lowest BCUT2D eigenvalue weighted by Gasteiger charge is -2.26. The maximum atomic E-state index is 13.7. The van der Waals surface area contributed by atoms with Crippen LogP contribution >= 0.6 is 0 Å². The number of carbonyl (C=O) groups is 4. The predicted octanol–water partition coefficient (Wildman–Crippen LogP) is 3.10. The molecule has 0 radical (unpaired) electrons. The van der Waals surface area contributed by atoms with E-state index in [1.165, 1.54) is 0 Å². The van der Waals surface area contributed by atoms with Gasteiger partial charge in [0, 0.05) is 25.0 Å². The van der Waals surface area contributed by atoms with Crippen molar-refractivity contribution in [1.82, 2.24) is 10.6 Å². The van der Waals surface area contributed by atoms with Crippen molar-refractivity contribution in [2.24, 2.45) is 16.8 Å². The van der Waals surface area contributed by atoms with E-state index < -0.39 is 29.5 Å².